The van der Waals surface area contributed by atoms with Gasteiger partial charge in [0.05, 0.1) is 0 Å². The molecule has 0 saturated carbocycles. The Morgan fingerprint density at radius 2 is 1.79 bits per heavy atom. The lowest BCUT2D eigenvalue weighted by Gasteiger charge is -2.26. The summed E-state index contributed by atoms with van der Waals surface area (Å²) in [7, 11) is 0. The largest absolute Gasteiger partial charge is 0.481 e. The summed E-state index contributed by atoms with van der Waals surface area (Å²) < 4.78 is 19.7. The highest BCUT2D eigenvalue weighted by Crippen LogP contribution is 2.33. The number of aliphatic hydroxyl groups is 1. The van der Waals surface area contributed by atoms with Crippen LogP contribution in [0.3, 0.4) is 0 Å². The third-order valence-electron chi connectivity index (χ3n) is 3.59. The maximum Gasteiger partial charge on any atom is 0.258 e. The molecule has 2 rings (SSSR count). The van der Waals surface area contributed by atoms with Crippen molar-refractivity contribution >= 4 is 11.8 Å². The highest BCUT2D eigenvalue weighted by molar-refractivity contribution is 5.88. The Balaban J connectivity index is 2.46. The molecule has 0 aliphatic heterocycles. The monoisotopic (exact) mass is 332 g/mol. The molecule has 2 unspecified atom stereocenters. The topological polar surface area (TPSA) is 116 Å². The van der Waals surface area contributed by atoms with Gasteiger partial charge in [0.15, 0.2) is 11.7 Å². The van der Waals surface area contributed by atoms with E-state index in [9.17, 15) is 19.1 Å². The minimum atomic E-state index is -2.33. The molecule has 7 heteroatoms. The Bertz CT molecular complexity index is 766. The average molecular weight is 332 g/mol. The SMILES string of the molecule is CC(Oc1ccc(C(O)(C(N)=O)c2ccccc2)c(F)c1)C(N)=O. The maximum atomic E-state index is 14.5. The van der Waals surface area contributed by atoms with Gasteiger partial charge in [-0.1, -0.05) is 30.3 Å². The molecule has 2 aromatic carbocycles. The zero-order valence-corrected chi connectivity index (χ0v) is 12.9. The zero-order chi connectivity index (χ0) is 17.9. The van der Waals surface area contributed by atoms with E-state index in [1.54, 1.807) is 18.2 Å². The number of primary amides is 2. The highest BCUT2D eigenvalue weighted by atomic mass is 19.1. The summed E-state index contributed by atoms with van der Waals surface area (Å²) in [4.78, 5) is 22.8. The zero-order valence-electron chi connectivity index (χ0n) is 12.9. The summed E-state index contributed by atoms with van der Waals surface area (Å²) in [6.45, 7) is 1.41. The number of carbonyl (C=O) groups is 2. The minimum Gasteiger partial charge on any atom is -0.481 e. The molecule has 2 amide bonds. The number of ether oxygens (including phenoxy) is 1. The van der Waals surface area contributed by atoms with Crippen molar-refractivity contribution in [1.29, 1.82) is 0 Å². The predicted molar refractivity (Wildman–Crippen MR) is 84.3 cm³/mol. The second-order valence-electron chi connectivity index (χ2n) is 5.24. The van der Waals surface area contributed by atoms with E-state index in [2.05, 4.69) is 0 Å². The van der Waals surface area contributed by atoms with Crippen molar-refractivity contribution in [2.24, 2.45) is 11.5 Å². The first-order chi connectivity index (χ1) is 11.3. The molecule has 5 N–H and O–H groups in total. The number of carbonyl (C=O) groups excluding carboxylic acids is 2. The van der Waals surface area contributed by atoms with Crippen LogP contribution in [0.4, 0.5) is 4.39 Å². The van der Waals surface area contributed by atoms with E-state index >= 15 is 0 Å². The fraction of sp³-hybridized carbons (Fsp3) is 0.176. The number of benzene rings is 2. The Labute approximate surface area is 137 Å². The molecule has 0 fully saturated rings. The van der Waals surface area contributed by atoms with Crippen molar-refractivity contribution in [2.75, 3.05) is 0 Å². The third kappa shape index (κ3) is 3.21. The maximum absolute atomic E-state index is 14.5. The molecular formula is C17H17FN2O4. The highest BCUT2D eigenvalue weighted by Gasteiger charge is 2.40. The second-order valence-corrected chi connectivity index (χ2v) is 5.24. The van der Waals surface area contributed by atoms with Crippen molar-refractivity contribution < 1.29 is 23.8 Å². The van der Waals surface area contributed by atoms with Gasteiger partial charge in [-0.05, 0) is 24.6 Å². The molecule has 0 aromatic heterocycles. The van der Waals surface area contributed by atoms with E-state index in [0.717, 1.165) is 6.07 Å². The Hall–Kier alpha value is -2.93. The molecule has 126 valence electrons. The van der Waals surface area contributed by atoms with Crippen molar-refractivity contribution in [3.63, 3.8) is 0 Å². The summed E-state index contributed by atoms with van der Waals surface area (Å²) in [6, 6.07) is 11.2. The summed E-state index contributed by atoms with van der Waals surface area (Å²) in [5.74, 6) is -2.71. The van der Waals surface area contributed by atoms with Gasteiger partial charge >= 0.3 is 0 Å². The van der Waals surface area contributed by atoms with Crippen LogP contribution in [0.25, 0.3) is 0 Å². The third-order valence-corrected chi connectivity index (χ3v) is 3.59. The quantitative estimate of drug-likeness (QED) is 0.725. The molecule has 6 nitrogen and oxygen atoms in total. The summed E-state index contributed by atoms with van der Waals surface area (Å²) >= 11 is 0. The Morgan fingerprint density at radius 1 is 1.17 bits per heavy atom. The van der Waals surface area contributed by atoms with Crippen LogP contribution >= 0.6 is 0 Å². The number of rotatable bonds is 6. The van der Waals surface area contributed by atoms with Crippen molar-refractivity contribution in [1.82, 2.24) is 0 Å². The minimum absolute atomic E-state index is 0.0300. The number of amides is 2. The van der Waals surface area contributed by atoms with E-state index in [4.69, 9.17) is 16.2 Å². The number of nitrogens with two attached hydrogens (primary N) is 2. The fourth-order valence-corrected chi connectivity index (χ4v) is 2.23. The van der Waals surface area contributed by atoms with Gasteiger partial charge in [-0.3, -0.25) is 9.59 Å². The van der Waals surface area contributed by atoms with E-state index in [0.29, 0.717) is 0 Å². The van der Waals surface area contributed by atoms with Gasteiger partial charge in [0.1, 0.15) is 11.6 Å². The van der Waals surface area contributed by atoms with Crippen LogP contribution in [0.5, 0.6) is 5.75 Å². The number of hydrogen-bond donors (Lipinski definition) is 3. The van der Waals surface area contributed by atoms with Crippen LogP contribution in [-0.4, -0.2) is 23.0 Å². The van der Waals surface area contributed by atoms with Crippen molar-refractivity contribution in [3.05, 3.63) is 65.5 Å². The lowest BCUT2D eigenvalue weighted by molar-refractivity contribution is -0.133. The van der Waals surface area contributed by atoms with E-state index < -0.39 is 29.3 Å². The molecule has 24 heavy (non-hydrogen) atoms. The van der Waals surface area contributed by atoms with E-state index in [1.807, 2.05) is 0 Å². The lowest BCUT2D eigenvalue weighted by Crippen LogP contribution is -2.42. The van der Waals surface area contributed by atoms with Gasteiger partial charge < -0.3 is 21.3 Å². The van der Waals surface area contributed by atoms with Gasteiger partial charge in [0, 0.05) is 11.6 Å². The molecular weight excluding hydrogens is 315 g/mol. The van der Waals surface area contributed by atoms with E-state index in [-0.39, 0.29) is 16.9 Å². The summed E-state index contributed by atoms with van der Waals surface area (Å²) in [5.41, 5.74) is 7.87. The first kappa shape index (κ1) is 17.4. The first-order valence-corrected chi connectivity index (χ1v) is 7.10. The van der Waals surface area contributed by atoms with Crippen molar-refractivity contribution in [3.8, 4) is 5.75 Å². The van der Waals surface area contributed by atoms with Crippen molar-refractivity contribution in [2.45, 2.75) is 18.6 Å². The predicted octanol–water partition coefficient (Wildman–Crippen LogP) is 0.800. The molecule has 0 radical (unpaired) electrons. The molecule has 0 bridgehead atoms. The molecule has 0 saturated heterocycles. The number of halogens is 1. The van der Waals surface area contributed by atoms with Crippen LogP contribution in [0.2, 0.25) is 0 Å². The number of hydrogen-bond acceptors (Lipinski definition) is 4. The van der Waals surface area contributed by atoms with Crippen LogP contribution in [0, 0.1) is 5.82 Å². The Kier molecular flexibility index (Phi) is 4.85. The normalized spacial score (nSPS) is 14.5. The smallest absolute Gasteiger partial charge is 0.258 e. The molecule has 2 atom stereocenters. The van der Waals surface area contributed by atoms with Gasteiger partial charge in [0.25, 0.3) is 11.8 Å². The Morgan fingerprint density at radius 3 is 2.29 bits per heavy atom. The molecule has 0 spiro atoms. The van der Waals surface area contributed by atoms with Crippen LogP contribution in [0.15, 0.2) is 48.5 Å². The average Bonchev–Trinajstić information content (AvgIpc) is 2.54. The first-order valence-electron chi connectivity index (χ1n) is 7.10. The molecule has 2 aromatic rings. The van der Waals surface area contributed by atoms with E-state index in [1.165, 1.54) is 31.2 Å². The lowest BCUT2D eigenvalue weighted by atomic mass is 9.85. The second kappa shape index (κ2) is 6.67. The fourth-order valence-electron chi connectivity index (χ4n) is 2.23. The van der Waals surface area contributed by atoms with Gasteiger partial charge in [-0.15, -0.1) is 0 Å². The van der Waals surface area contributed by atoms with Gasteiger partial charge in [-0.2, -0.15) is 0 Å². The van der Waals surface area contributed by atoms with Gasteiger partial charge in [0.2, 0.25) is 0 Å². The molecule has 0 heterocycles. The summed E-state index contributed by atoms with van der Waals surface area (Å²) in [5, 5.41) is 10.7. The molecule has 0 aliphatic carbocycles. The van der Waals surface area contributed by atoms with Crippen LogP contribution in [-0.2, 0) is 15.2 Å². The van der Waals surface area contributed by atoms with Gasteiger partial charge in [-0.25, -0.2) is 4.39 Å². The molecule has 0 aliphatic rings. The summed E-state index contributed by atoms with van der Waals surface area (Å²) in [6.07, 6.45) is -0.959. The van der Waals surface area contributed by atoms with Crippen LogP contribution < -0.4 is 16.2 Å². The standard InChI is InChI=1S/C17H17FN2O4/c1-10(15(19)21)24-12-7-8-13(14(18)9-12)17(23,16(20)22)11-5-3-2-4-6-11/h2-10,23H,1H3,(H2,19,21)(H2,20,22). The van der Waals surface area contributed by atoms with Crippen LogP contribution in [0.1, 0.15) is 18.1 Å².